The SMILES string of the molecule is NCC(=O)Nc1ccccc1NC(=O)c1ccccc1. The van der Waals surface area contributed by atoms with E-state index in [9.17, 15) is 9.59 Å². The summed E-state index contributed by atoms with van der Waals surface area (Å²) in [5.74, 6) is -0.550. The summed E-state index contributed by atoms with van der Waals surface area (Å²) < 4.78 is 0. The first-order valence-corrected chi connectivity index (χ1v) is 6.16. The molecule has 2 amide bonds. The van der Waals surface area contributed by atoms with Crippen LogP contribution in [0.2, 0.25) is 0 Å². The second-order valence-electron chi connectivity index (χ2n) is 4.12. The third kappa shape index (κ3) is 3.43. The maximum atomic E-state index is 12.1. The molecule has 2 rings (SSSR count). The maximum absolute atomic E-state index is 12.1. The quantitative estimate of drug-likeness (QED) is 0.791. The van der Waals surface area contributed by atoms with Crippen LogP contribution in [0.15, 0.2) is 54.6 Å². The van der Waals surface area contributed by atoms with Crippen LogP contribution in [0.25, 0.3) is 0 Å². The molecule has 4 N–H and O–H groups in total. The molecule has 0 heterocycles. The van der Waals surface area contributed by atoms with Crippen LogP contribution in [0.1, 0.15) is 10.4 Å². The fourth-order valence-corrected chi connectivity index (χ4v) is 1.69. The van der Waals surface area contributed by atoms with E-state index >= 15 is 0 Å². The molecule has 2 aromatic carbocycles. The van der Waals surface area contributed by atoms with Crippen LogP contribution >= 0.6 is 0 Å². The zero-order valence-corrected chi connectivity index (χ0v) is 10.8. The predicted molar refractivity (Wildman–Crippen MR) is 78.5 cm³/mol. The number of benzene rings is 2. The molecular weight excluding hydrogens is 254 g/mol. The van der Waals surface area contributed by atoms with Crippen molar-refractivity contribution in [2.75, 3.05) is 17.2 Å². The Morgan fingerprint density at radius 3 is 2.00 bits per heavy atom. The first kappa shape index (κ1) is 13.8. The number of amides is 2. The number of hydrogen-bond donors (Lipinski definition) is 3. The largest absolute Gasteiger partial charge is 0.323 e. The molecule has 0 aliphatic heterocycles. The van der Waals surface area contributed by atoms with E-state index in [0.717, 1.165) is 0 Å². The minimum Gasteiger partial charge on any atom is -0.323 e. The molecule has 0 bridgehead atoms. The van der Waals surface area contributed by atoms with E-state index in [1.165, 1.54) is 0 Å². The number of anilines is 2. The summed E-state index contributed by atoms with van der Waals surface area (Å²) in [6.45, 7) is -0.110. The Hall–Kier alpha value is -2.66. The van der Waals surface area contributed by atoms with E-state index in [4.69, 9.17) is 5.73 Å². The van der Waals surface area contributed by atoms with Gasteiger partial charge in [0.05, 0.1) is 17.9 Å². The molecule has 0 aliphatic carbocycles. The van der Waals surface area contributed by atoms with Gasteiger partial charge in [0.25, 0.3) is 5.91 Å². The average molecular weight is 269 g/mol. The molecule has 0 unspecified atom stereocenters. The maximum Gasteiger partial charge on any atom is 0.255 e. The highest BCUT2D eigenvalue weighted by molar-refractivity contribution is 6.07. The molecule has 0 aliphatic rings. The highest BCUT2D eigenvalue weighted by Crippen LogP contribution is 2.21. The monoisotopic (exact) mass is 269 g/mol. The highest BCUT2D eigenvalue weighted by atomic mass is 16.2. The third-order valence-corrected chi connectivity index (χ3v) is 2.67. The number of nitrogens with one attached hydrogen (secondary N) is 2. The van der Waals surface area contributed by atoms with Crippen molar-refractivity contribution in [2.24, 2.45) is 5.73 Å². The van der Waals surface area contributed by atoms with Gasteiger partial charge < -0.3 is 16.4 Å². The van der Waals surface area contributed by atoms with Crippen LogP contribution in [-0.2, 0) is 4.79 Å². The lowest BCUT2D eigenvalue weighted by atomic mass is 10.2. The third-order valence-electron chi connectivity index (χ3n) is 2.67. The Labute approximate surface area is 116 Å². The molecular formula is C15H15N3O2. The van der Waals surface area contributed by atoms with Gasteiger partial charge in [0.15, 0.2) is 0 Å². The molecule has 0 saturated heterocycles. The topological polar surface area (TPSA) is 84.2 Å². The molecule has 20 heavy (non-hydrogen) atoms. The normalized spacial score (nSPS) is 9.85. The molecule has 0 atom stereocenters. The summed E-state index contributed by atoms with van der Waals surface area (Å²) in [5.41, 5.74) is 6.86. The summed E-state index contributed by atoms with van der Waals surface area (Å²) in [6, 6.07) is 15.8. The number of rotatable bonds is 4. The molecule has 2 aromatic rings. The number of carbonyl (C=O) groups excluding carboxylic acids is 2. The van der Waals surface area contributed by atoms with Crippen molar-refractivity contribution in [2.45, 2.75) is 0 Å². The summed E-state index contributed by atoms with van der Waals surface area (Å²) in [7, 11) is 0. The van der Waals surface area contributed by atoms with Crippen LogP contribution < -0.4 is 16.4 Å². The first-order chi connectivity index (χ1) is 9.70. The molecule has 5 nitrogen and oxygen atoms in total. The highest BCUT2D eigenvalue weighted by Gasteiger charge is 2.09. The first-order valence-electron chi connectivity index (χ1n) is 6.16. The Balaban J connectivity index is 2.17. The lowest BCUT2D eigenvalue weighted by molar-refractivity contribution is -0.114. The van der Waals surface area contributed by atoms with Gasteiger partial charge in [-0.2, -0.15) is 0 Å². The van der Waals surface area contributed by atoms with E-state index in [1.807, 2.05) is 6.07 Å². The molecule has 0 spiro atoms. The van der Waals surface area contributed by atoms with Gasteiger partial charge in [-0.25, -0.2) is 0 Å². The summed E-state index contributed by atoms with van der Waals surface area (Å²) in [6.07, 6.45) is 0. The number of nitrogens with two attached hydrogens (primary N) is 1. The van der Waals surface area contributed by atoms with Gasteiger partial charge in [0.1, 0.15) is 0 Å². The number of hydrogen-bond acceptors (Lipinski definition) is 3. The molecule has 0 saturated carbocycles. The van der Waals surface area contributed by atoms with E-state index in [0.29, 0.717) is 16.9 Å². The van der Waals surface area contributed by atoms with E-state index in [1.54, 1.807) is 48.5 Å². The van der Waals surface area contributed by atoms with Gasteiger partial charge in [-0.15, -0.1) is 0 Å². The van der Waals surface area contributed by atoms with Crippen LogP contribution in [0.5, 0.6) is 0 Å². The fourth-order valence-electron chi connectivity index (χ4n) is 1.69. The minimum atomic E-state index is -0.314. The average Bonchev–Trinajstić information content (AvgIpc) is 2.50. The fraction of sp³-hybridized carbons (Fsp3) is 0.0667. The minimum absolute atomic E-state index is 0.110. The Morgan fingerprint density at radius 1 is 0.850 bits per heavy atom. The Bertz CT molecular complexity index is 612. The van der Waals surface area contributed by atoms with Gasteiger partial charge >= 0.3 is 0 Å². The van der Waals surface area contributed by atoms with E-state index in [-0.39, 0.29) is 18.4 Å². The van der Waals surface area contributed by atoms with Gasteiger partial charge in [0, 0.05) is 5.56 Å². The van der Waals surface area contributed by atoms with Crippen LogP contribution in [0.4, 0.5) is 11.4 Å². The van der Waals surface area contributed by atoms with Crippen molar-refractivity contribution in [3.8, 4) is 0 Å². The van der Waals surface area contributed by atoms with Crippen molar-refractivity contribution in [1.29, 1.82) is 0 Å². The molecule has 0 fully saturated rings. The van der Waals surface area contributed by atoms with E-state index in [2.05, 4.69) is 10.6 Å². The number of para-hydroxylation sites is 2. The zero-order chi connectivity index (χ0) is 14.4. The molecule has 102 valence electrons. The van der Waals surface area contributed by atoms with Gasteiger partial charge in [0.2, 0.25) is 5.91 Å². The van der Waals surface area contributed by atoms with E-state index < -0.39 is 0 Å². The smallest absolute Gasteiger partial charge is 0.255 e. The lowest BCUT2D eigenvalue weighted by Crippen LogP contribution is -2.23. The molecule has 0 aromatic heterocycles. The summed E-state index contributed by atoms with van der Waals surface area (Å²) >= 11 is 0. The summed E-state index contributed by atoms with van der Waals surface area (Å²) in [4.78, 5) is 23.4. The van der Waals surface area contributed by atoms with Crippen molar-refractivity contribution in [3.05, 3.63) is 60.2 Å². The van der Waals surface area contributed by atoms with Gasteiger partial charge in [-0.05, 0) is 24.3 Å². The van der Waals surface area contributed by atoms with Crippen molar-refractivity contribution < 1.29 is 9.59 Å². The van der Waals surface area contributed by atoms with Crippen LogP contribution in [-0.4, -0.2) is 18.4 Å². The van der Waals surface area contributed by atoms with Gasteiger partial charge in [-0.1, -0.05) is 30.3 Å². The Morgan fingerprint density at radius 2 is 1.40 bits per heavy atom. The van der Waals surface area contributed by atoms with Crippen LogP contribution in [0.3, 0.4) is 0 Å². The standard InChI is InChI=1S/C15H15N3O2/c16-10-14(19)17-12-8-4-5-9-13(12)18-15(20)11-6-2-1-3-7-11/h1-9H,10,16H2,(H,17,19)(H,18,20). The van der Waals surface area contributed by atoms with Crippen LogP contribution in [0, 0.1) is 0 Å². The lowest BCUT2D eigenvalue weighted by Gasteiger charge is -2.11. The Kier molecular flexibility index (Phi) is 4.47. The number of carbonyl (C=O) groups is 2. The molecule has 0 radical (unpaired) electrons. The van der Waals surface area contributed by atoms with Crippen molar-refractivity contribution in [3.63, 3.8) is 0 Å². The van der Waals surface area contributed by atoms with Crippen molar-refractivity contribution >= 4 is 23.2 Å². The molecule has 5 heteroatoms. The zero-order valence-electron chi connectivity index (χ0n) is 10.8. The second kappa shape index (κ2) is 6.49. The predicted octanol–water partition coefficient (Wildman–Crippen LogP) is 1.84. The summed E-state index contributed by atoms with van der Waals surface area (Å²) in [5, 5.41) is 5.40. The van der Waals surface area contributed by atoms with Crippen molar-refractivity contribution in [1.82, 2.24) is 0 Å². The van der Waals surface area contributed by atoms with Gasteiger partial charge in [-0.3, -0.25) is 9.59 Å². The second-order valence-corrected chi connectivity index (χ2v) is 4.12.